The molecule has 0 radical (unpaired) electrons. The van der Waals surface area contributed by atoms with Crippen LogP contribution in [0.1, 0.15) is 36.7 Å². The van der Waals surface area contributed by atoms with Crippen LogP contribution in [0.4, 0.5) is 5.69 Å². The average Bonchev–Trinajstić information content (AvgIpc) is 3.40. The first-order chi connectivity index (χ1) is 15.2. The van der Waals surface area contributed by atoms with Crippen LogP contribution in [0.25, 0.3) is 0 Å². The van der Waals surface area contributed by atoms with Crippen molar-refractivity contribution in [1.82, 2.24) is 19.8 Å². The number of nitro benzene ring substituents is 1. The Kier molecular flexibility index (Phi) is 7.43. The molecule has 0 aliphatic carbocycles. The molecule has 0 saturated carbocycles. The smallest absolute Gasteiger partial charge is 0.272 e. The molecule has 1 saturated heterocycles. The summed E-state index contributed by atoms with van der Waals surface area (Å²) >= 11 is 0. The predicted octanol–water partition coefficient (Wildman–Crippen LogP) is 1.72. The molecule has 1 aliphatic rings. The minimum Gasteiger partial charge on any atom is -0.438 e. The van der Waals surface area contributed by atoms with Crippen LogP contribution in [0.3, 0.4) is 0 Å². The number of ether oxygens (including phenoxy) is 2. The number of aromatic nitrogens is 2. The number of amides is 1. The number of carbonyl (C=O) groups is 1. The molecular formula is C19H25N5O7S. The number of nitrogens with zero attached hydrogens (tertiary/aromatic N) is 3. The van der Waals surface area contributed by atoms with E-state index in [2.05, 4.69) is 15.1 Å². The van der Waals surface area contributed by atoms with Crippen molar-refractivity contribution in [2.75, 3.05) is 19.7 Å². The molecule has 32 heavy (non-hydrogen) atoms. The molecule has 1 atom stereocenters. The number of sulfonamides is 1. The molecule has 0 bridgehead atoms. The predicted molar refractivity (Wildman–Crippen MR) is 113 cm³/mol. The number of carbonyl (C=O) groups excluding carboxylic acids is 1. The number of nitrogens with one attached hydrogen (secondary N) is 2. The van der Waals surface area contributed by atoms with Gasteiger partial charge in [0.25, 0.3) is 11.6 Å². The van der Waals surface area contributed by atoms with Crippen molar-refractivity contribution in [2.45, 2.75) is 37.2 Å². The van der Waals surface area contributed by atoms with Crippen LogP contribution in [0.2, 0.25) is 0 Å². The Morgan fingerprint density at radius 1 is 1.41 bits per heavy atom. The van der Waals surface area contributed by atoms with Gasteiger partial charge in [-0.1, -0.05) is 6.92 Å². The molecule has 0 unspecified atom stereocenters. The maximum atomic E-state index is 12.7. The quantitative estimate of drug-likeness (QED) is 0.395. The highest BCUT2D eigenvalue weighted by molar-refractivity contribution is 7.89. The molecule has 12 nitrogen and oxygen atoms in total. The lowest BCUT2D eigenvalue weighted by molar-refractivity contribution is -0.385. The van der Waals surface area contributed by atoms with E-state index in [1.165, 1.54) is 23.9 Å². The van der Waals surface area contributed by atoms with Crippen molar-refractivity contribution in [3.8, 4) is 11.6 Å². The second-order valence-corrected chi connectivity index (χ2v) is 8.96. The van der Waals surface area contributed by atoms with Crippen LogP contribution in [-0.4, -0.2) is 54.8 Å². The van der Waals surface area contributed by atoms with Crippen LogP contribution >= 0.6 is 0 Å². The Hall–Kier alpha value is -3.03. The van der Waals surface area contributed by atoms with Crippen LogP contribution in [-0.2, 0) is 21.8 Å². The number of nitro groups is 1. The van der Waals surface area contributed by atoms with Gasteiger partial charge >= 0.3 is 0 Å². The van der Waals surface area contributed by atoms with Crippen LogP contribution in [0.5, 0.6) is 11.6 Å². The van der Waals surface area contributed by atoms with Gasteiger partial charge in [0.2, 0.25) is 15.9 Å². The van der Waals surface area contributed by atoms with Crippen LogP contribution in [0.15, 0.2) is 29.2 Å². The molecule has 2 heterocycles. The molecule has 174 valence electrons. The number of aryl methyl sites for hydroxylation is 1. The SMILES string of the molecule is CCCNS(=O)(=O)c1cc([N+](=O)[O-])ccc1Oc1cc(C(=O)NC[C@@H]2CCCO2)nn1C. The van der Waals surface area contributed by atoms with Gasteiger partial charge in [0, 0.05) is 44.9 Å². The maximum Gasteiger partial charge on any atom is 0.272 e. The summed E-state index contributed by atoms with van der Waals surface area (Å²) in [6.45, 7) is 2.98. The molecule has 1 fully saturated rings. The third kappa shape index (κ3) is 5.60. The van der Waals surface area contributed by atoms with E-state index in [1.807, 2.05) is 0 Å². The summed E-state index contributed by atoms with van der Waals surface area (Å²) in [4.78, 5) is 22.5. The summed E-state index contributed by atoms with van der Waals surface area (Å²) < 4.78 is 40.2. The van der Waals surface area contributed by atoms with Gasteiger partial charge in [0.1, 0.15) is 10.6 Å². The zero-order valence-electron chi connectivity index (χ0n) is 17.7. The van der Waals surface area contributed by atoms with Gasteiger partial charge in [0.15, 0.2) is 5.69 Å². The van der Waals surface area contributed by atoms with Crippen molar-refractivity contribution >= 4 is 21.6 Å². The largest absolute Gasteiger partial charge is 0.438 e. The van der Waals surface area contributed by atoms with Crippen molar-refractivity contribution in [2.24, 2.45) is 7.05 Å². The Morgan fingerprint density at radius 3 is 2.84 bits per heavy atom. The summed E-state index contributed by atoms with van der Waals surface area (Å²) in [5.41, 5.74) is -0.315. The normalized spacial score (nSPS) is 16.1. The third-order valence-corrected chi connectivity index (χ3v) is 6.25. The molecular weight excluding hydrogens is 442 g/mol. The average molecular weight is 468 g/mol. The van der Waals surface area contributed by atoms with E-state index >= 15 is 0 Å². The highest BCUT2D eigenvalue weighted by atomic mass is 32.2. The van der Waals surface area contributed by atoms with Crippen molar-refractivity contribution in [3.63, 3.8) is 0 Å². The van der Waals surface area contributed by atoms with E-state index in [0.717, 1.165) is 25.0 Å². The Bertz CT molecular complexity index is 1090. The van der Waals surface area contributed by atoms with Gasteiger partial charge < -0.3 is 14.8 Å². The number of rotatable bonds is 10. The lowest BCUT2D eigenvalue weighted by atomic mass is 10.2. The van der Waals surface area contributed by atoms with Crippen molar-refractivity contribution in [1.29, 1.82) is 0 Å². The van der Waals surface area contributed by atoms with Gasteiger partial charge in [-0.3, -0.25) is 14.9 Å². The molecule has 2 N–H and O–H groups in total. The molecule has 0 spiro atoms. The van der Waals surface area contributed by atoms with Gasteiger partial charge in [0.05, 0.1) is 11.0 Å². The summed E-state index contributed by atoms with van der Waals surface area (Å²) in [7, 11) is -2.54. The molecule has 1 aliphatic heterocycles. The monoisotopic (exact) mass is 467 g/mol. The molecule has 3 rings (SSSR count). The van der Waals surface area contributed by atoms with Gasteiger partial charge in [-0.2, -0.15) is 5.10 Å². The van der Waals surface area contributed by atoms with Crippen molar-refractivity contribution < 1.29 is 27.6 Å². The highest BCUT2D eigenvalue weighted by Crippen LogP contribution is 2.32. The lowest BCUT2D eigenvalue weighted by Gasteiger charge is -2.12. The fraction of sp³-hybridized carbons (Fsp3) is 0.474. The fourth-order valence-corrected chi connectivity index (χ4v) is 4.37. The second-order valence-electron chi connectivity index (χ2n) is 7.22. The first-order valence-corrected chi connectivity index (χ1v) is 11.6. The minimum absolute atomic E-state index is 0.0260. The molecule has 1 aromatic heterocycles. The van der Waals surface area contributed by atoms with Gasteiger partial charge in [-0.15, -0.1) is 0 Å². The van der Waals surface area contributed by atoms with Crippen LogP contribution in [0, 0.1) is 10.1 Å². The summed E-state index contributed by atoms with van der Waals surface area (Å²) in [5, 5.41) is 18.0. The number of benzene rings is 1. The van der Waals surface area contributed by atoms with E-state index in [9.17, 15) is 23.3 Å². The standard InChI is InChI=1S/C19H25N5O7S/c1-3-8-21-32(28,29)17-10-13(24(26)27)6-7-16(17)31-18-11-15(22-23(18)2)19(25)20-12-14-5-4-9-30-14/h6-7,10-11,14,21H,3-5,8-9,12H2,1-2H3,(H,20,25)/t14-/m0/s1. The number of hydrogen-bond donors (Lipinski definition) is 2. The summed E-state index contributed by atoms with van der Waals surface area (Å²) in [6, 6.07) is 4.63. The van der Waals surface area contributed by atoms with E-state index in [4.69, 9.17) is 9.47 Å². The second kappa shape index (κ2) is 10.1. The number of non-ortho nitro benzene ring substituents is 1. The summed E-state index contributed by atoms with van der Waals surface area (Å²) in [6.07, 6.45) is 2.34. The maximum absolute atomic E-state index is 12.7. The first kappa shape index (κ1) is 23.6. The summed E-state index contributed by atoms with van der Waals surface area (Å²) in [5.74, 6) is -0.464. The Morgan fingerprint density at radius 2 is 2.19 bits per heavy atom. The van der Waals surface area contributed by atoms with Gasteiger partial charge in [-0.25, -0.2) is 17.8 Å². The van der Waals surface area contributed by atoms with E-state index in [0.29, 0.717) is 19.6 Å². The fourth-order valence-electron chi connectivity index (χ4n) is 3.09. The molecule has 1 aromatic carbocycles. The first-order valence-electron chi connectivity index (χ1n) is 10.1. The molecule has 2 aromatic rings. The van der Waals surface area contributed by atoms with Crippen LogP contribution < -0.4 is 14.8 Å². The number of hydrogen-bond acceptors (Lipinski definition) is 8. The molecule has 1 amide bonds. The van der Waals surface area contributed by atoms with E-state index in [1.54, 1.807) is 6.92 Å². The Balaban J connectivity index is 1.83. The highest BCUT2D eigenvalue weighted by Gasteiger charge is 2.25. The molecule has 13 heteroatoms. The van der Waals surface area contributed by atoms with Gasteiger partial charge in [-0.05, 0) is 25.3 Å². The zero-order chi connectivity index (χ0) is 23.3. The topological polar surface area (TPSA) is 155 Å². The van der Waals surface area contributed by atoms with Crippen molar-refractivity contribution in [3.05, 3.63) is 40.1 Å². The lowest BCUT2D eigenvalue weighted by Crippen LogP contribution is -2.32. The zero-order valence-corrected chi connectivity index (χ0v) is 18.6. The Labute approximate surface area is 185 Å². The van der Waals surface area contributed by atoms with E-state index in [-0.39, 0.29) is 34.9 Å². The third-order valence-electron chi connectivity index (χ3n) is 4.77. The minimum atomic E-state index is -4.07. The van der Waals surface area contributed by atoms with E-state index < -0.39 is 26.5 Å².